The van der Waals surface area contributed by atoms with E-state index in [0.29, 0.717) is 5.69 Å². The summed E-state index contributed by atoms with van der Waals surface area (Å²) in [6.45, 7) is -0.0663. The van der Waals surface area contributed by atoms with Gasteiger partial charge in [-0.05, 0) is 40.2 Å². The highest BCUT2D eigenvalue weighted by molar-refractivity contribution is 9.10. The molecule has 0 spiro atoms. The highest BCUT2D eigenvalue weighted by atomic mass is 79.9. The molecule has 2 aromatic rings. The highest BCUT2D eigenvalue weighted by Gasteiger charge is 2.40. The maximum absolute atomic E-state index is 12.3. The number of carbonyl (C=O) groups excluding carboxylic acids is 1. The Morgan fingerprint density at radius 1 is 1.15 bits per heavy atom. The number of halogens is 1. The summed E-state index contributed by atoms with van der Waals surface area (Å²) in [6, 6.07) is 9.64. The molecule has 7 heteroatoms. The standard InChI is InChI=1S/C13H9BrN2O3S/c14-9-5-6-10(15-7-9)8-16-13(17)11-3-1-2-4-12(11)20(16,18)19/h1-7H,8H2. The van der Waals surface area contributed by atoms with Gasteiger partial charge in [-0.15, -0.1) is 0 Å². The number of rotatable bonds is 2. The Kier molecular flexibility index (Phi) is 3.10. The first kappa shape index (κ1) is 13.3. The molecule has 1 aliphatic rings. The number of fused-ring (bicyclic) bond motifs is 1. The van der Waals surface area contributed by atoms with Crippen molar-refractivity contribution in [1.29, 1.82) is 0 Å². The molecule has 3 rings (SSSR count). The predicted octanol–water partition coefficient (Wildman–Crippen LogP) is 2.19. The lowest BCUT2D eigenvalue weighted by Gasteiger charge is -2.14. The van der Waals surface area contributed by atoms with Gasteiger partial charge in [0.05, 0.1) is 17.8 Å². The minimum Gasteiger partial charge on any atom is -0.268 e. The highest BCUT2D eigenvalue weighted by Crippen LogP contribution is 2.30. The van der Waals surface area contributed by atoms with E-state index in [1.807, 2.05) is 0 Å². The number of benzene rings is 1. The van der Waals surface area contributed by atoms with Crippen LogP contribution in [0.3, 0.4) is 0 Å². The van der Waals surface area contributed by atoms with Gasteiger partial charge in [0.1, 0.15) is 4.90 Å². The van der Waals surface area contributed by atoms with Crippen LogP contribution in [0.5, 0.6) is 0 Å². The van der Waals surface area contributed by atoms with Gasteiger partial charge in [0.15, 0.2) is 0 Å². The smallest absolute Gasteiger partial charge is 0.268 e. The van der Waals surface area contributed by atoms with E-state index in [9.17, 15) is 13.2 Å². The van der Waals surface area contributed by atoms with E-state index < -0.39 is 15.9 Å². The van der Waals surface area contributed by atoms with Gasteiger partial charge in [-0.2, -0.15) is 0 Å². The van der Waals surface area contributed by atoms with Crippen LogP contribution in [0.4, 0.5) is 0 Å². The largest absolute Gasteiger partial charge is 0.269 e. The third-order valence-corrected chi connectivity index (χ3v) is 5.26. The maximum Gasteiger partial charge on any atom is 0.269 e. The van der Waals surface area contributed by atoms with Crippen LogP contribution in [0.1, 0.15) is 16.1 Å². The predicted molar refractivity (Wildman–Crippen MR) is 75.4 cm³/mol. The summed E-state index contributed by atoms with van der Waals surface area (Å²) >= 11 is 3.25. The molecule has 1 aliphatic heterocycles. The summed E-state index contributed by atoms with van der Waals surface area (Å²) < 4.78 is 26.3. The quantitative estimate of drug-likeness (QED) is 0.830. The van der Waals surface area contributed by atoms with Crippen molar-refractivity contribution in [2.75, 3.05) is 0 Å². The normalized spacial score (nSPS) is 16.2. The number of pyridine rings is 1. The molecule has 0 radical (unpaired) electrons. The molecule has 0 atom stereocenters. The number of hydrogen-bond acceptors (Lipinski definition) is 4. The summed E-state index contributed by atoms with van der Waals surface area (Å²) in [4.78, 5) is 16.4. The number of amides is 1. The van der Waals surface area contributed by atoms with Crippen molar-refractivity contribution in [3.63, 3.8) is 0 Å². The molecule has 2 heterocycles. The average Bonchev–Trinajstić information content (AvgIpc) is 2.63. The Morgan fingerprint density at radius 2 is 1.90 bits per heavy atom. The SMILES string of the molecule is O=C1c2ccccc2S(=O)(=O)N1Cc1ccc(Br)cn1. The van der Waals surface area contributed by atoms with Crippen molar-refractivity contribution < 1.29 is 13.2 Å². The topological polar surface area (TPSA) is 67.3 Å². The lowest BCUT2D eigenvalue weighted by molar-refractivity contribution is 0.0864. The van der Waals surface area contributed by atoms with Crippen molar-refractivity contribution in [3.8, 4) is 0 Å². The molecule has 0 aliphatic carbocycles. The van der Waals surface area contributed by atoms with E-state index in [0.717, 1.165) is 8.78 Å². The van der Waals surface area contributed by atoms with E-state index in [-0.39, 0.29) is 17.0 Å². The van der Waals surface area contributed by atoms with Crippen LogP contribution in [0.25, 0.3) is 0 Å². The van der Waals surface area contributed by atoms with Crippen molar-refractivity contribution in [1.82, 2.24) is 9.29 Å². The molecular weight excluding hydrogens is 344 g/mol. The Labute approximate surface area is 124 Å². The minimum absolute atomic E-state index is 0.0575. The van der Waals surface area contributed by atoms with Crippen LogP contribution in [0.15, 0.2) is 52.0 Å². The zero-order valence-electron chi connectivity index (χ0n) is 10.2. The summed E-state index contributed by atoms with van der Waals surface area (Å²) in [7, 11) is -3.77. The first-order valence-electron chi connectivity index (χ1n) is 5.77. The third-order valence-electron chi connectivity index (χ3n) is 3.01. The summed E-state index contributed by atoms with van der Waals surface area (Å²) in [5, 5.41) is 0. The average molecular weight is 353 g/mol. The van der Waals surface area contributed by atoms with Crippen LogP contribution in [0, 0.1) is 0 Å². The Hall–Kier alpha value is -1.73. The van der Waals surface area contributed by atoms with Crippen molar-refractivity contribution in [2.24, 2.45) is 0 Å². The monoisotopic (exact) mass is 352 g/mol. The number of hydrogen-bond donors (Lipinski definition) is 0. The van der Waals surface area contributed by atoms with Gasteiger partial charge in [0, 0.05) is 10.7 Å². The zero-order valence-corrected chi connectivity index (χ0v) is 12.6. The van der Waals surface area contributed by atoms with Gasteiger partial charge in [-0.25, -0.2) is 12.7 Å². The van der Waals surface area contributed by atoms with Crippen LogP contribution in [-0.4, -0.2) is 23.6 Å². The Balaban J connectivity index is 2.00. The van der Waals surface area contributed by atoms with E-state index in [1.54, 1.807) is 30.5 Å². The first-order valence-corrected chi connectivity index (χ1v) is 8.00. The molecule has 0 saturated carbocycles. The second-order valence-electron chi connectivity index (χ2n) is 4.28. The van der Waals surface area contributed by atoms with Gasteiger partial charge in [-0.3, -0.25) is 9.78 Å². The molecule has 1 aromatic heterocycles. The first-order chi connectivity index (χ1) is 9.50. The molecule has 0 fully saturated rings. The summed E-state index contributed by atoms with van der Waals surface area (Å²) in [5.74, 6) is -0.509. The van der Waals surface area contributed by atoms with E-state index in [4.69, 9.17) is 0 Å². The molecule has 0 bridgehead atoms. The molecule has 1 aromatic carbocycles. The molecule has 102 valence electrons. The lowest BCUT2D eigenvalue weighted by Crippen LogP contribution is -2.29. The van der Waals surface area contributed by atoms with Crippen molar-refractivity contribution >= 4 is 31.9 Å². The van der Waals surface area contributed by atoms with Gasteiger partial charge in [-0.1, -0.05) is 12.1 Å². The fraction of sp³-hybridized carbons (Fsp3) is 0.0769. The molecule has 20 heavy (non-hydrogen) atoms. The molecule has 0 unspecified atom stereocenters. The van der Waals surface area contributed by atoms with Gasteiger partial charge < -0.3 is 0 Å². The fourth-order valence-electron chi connectivity index (χ4n) is 2.03. The van der Waals surface area contributed by atoms with E-state index in [2.05, 4.69) is 20.9 Å². The summed E-state index contributed by atoms with van der Waals surface area (Å²) in [6.07, 6.45) is 1.57. The van der Waals surface area contributed by atoms with Gasteiger partial charge in [0.2, 0.25) is 0 Å². The van der Waals surface area contributed by atoms with Crippen LogP contribution >= 0.6 is 15.9 Å². The van der Waals surface area contributed by atoms with Crippen LogP contribution in [-0.2, 0) is 16.6 Å². The Morgan fingerprint density at radius 3 is 2.55 bits per heavy atom. The van der Waals surface area contributed by atoms with Crippen LogP contribution in [0.2, 0.25) is 0 Å². The number of carbonyl (C=O) groups is 1. The number of aromatic nitrogens is 1. The second kappa shape index (κ2) is 4.68. The van der Waals surface area contributed by atoms with E-state index in [1.165, 1.54) is 12.1 Å². The minimum atomic E-state index is -3.77. The second-order valence-corrected chi connectivity index (χ2v) is 7.03. The third kappa shape index (κ3) is 2.03. The van der Waals surface area contributed by atoms with Crippen molar-refractivity contribution in [3.05, 3.63) is 58.3 Å². The number of nitrogens with zero attached hydrogens (tertiary/aromatic N) is 2. The van der Waals surface area contributed by atoms with Crippen LogP contribution < -0.4 is 0 Å². The van der Waals surface area contributed by atoms with E-state index >= 15 is 0 Å². The molecule has 1 amide bonds. The fourth-order valence-corrected chi connectivity index (χ4v) is 3.81. The summed E-state index contributed by atoms with van der Waals surface area (Å²) in [5.41, 5.74) is 0.725. The Bertz CT molecular complexity index is 788. The zero-order chi connectivity index (χ0) is 14.3. The van der Waals surface area contributed by atoms with Crippen molar-refractivity contribution in [2.45, 2.75) is 11.4 Å². The lowest BCUT2D eigenvalue weighted by atomic mass is 10.2. The molecule has 0 N–H and O–H groups in total. The molecular formula is C13H9BrN2O3S. The van der Waals surface area contributed by atoms with Gasteiger partial charge in [0.25, 0.3) is 15.9 Å². The molecule has 0 saturated heterocycles. The maximum atomic E-state index is 12.3. The van der Waals surface area contributed by atoms with Gasteiger partial charge >= 0.3 is 0 Å². The molecule has 5 nitrogen and oxygen atoms in total. The number of sulfonamides is 1.